The van der Waals surface area contributed by atoms with Crippen LogP contribution < -0.4 is 14.8 Å². The molecule has 0 fully saturated rings. The fourth-order valence-electron chi connectivity index (χ4n) is 2.58. The number of nitro benzene ring substituents is 1. The zero-order chi connectivity index (χ0) is 21.6. The zero-order valence-corrected chi connectivity index (χ0v) is 16.6. The van der Waals surface area contributed by atoms with Crippen LogP contribution in [0.5, 0.6) is 11.5 Å². The average Bonchev–Trinajstić information content (AvgIpc) is 2.67. The highest BCUT2D eigenvalue weighted by molar-refractivity contribution is 5.96. The number of carbonyl (C=O) groups is 2. The molecule has 0 heterocycles. The lowest BCUT2D eigenvalue weighted by Gasteiger charge is -2.16. The Morgan fingerprint density at radius 3 is 2.41 bits per heavy atom. The molecule has 9 heteroatoms. The number of para-hydroxylation sites is 1. The lowest BCUT2D eigenvalue weighted by atomic mass is 10.1. The minimum atomic E-state index is -1.15. The molecule has 1 amide bonds. The first-order chi connectivity index (χ1) is 13.7. The maximum absolute atomic E-state index is 12.3. The third-order valence-electron chi connectivity index (χ3n) is 4.07. The fraction of sp³-hybridized carbons (Fsp3) is 0.300. The largest absolute Gasteiger partial charge is 0.495 e. The number of amides is 1. The second-order valence-electron chi connectivity index (χ2n) is 6.27. The van der Waals surface area contributed by atoms with Crippen LogP contribution in [-0.4, -0.2) is 36.6 Å². The summed E-state index contributed by atoms with van der Waals surface area (Å²) in [5.41, 5.74) is 1.64. The summed E-state index contributed by atoms with van der Waals surface area (Å²) in [6.45, 7) is 4.74. The number of nitrogens with one attached hydrogen (secondary N) is 1. The normalized spacial score (nSPS) is 11.3. The number of hydrogen-bond acceptors (Lipinski definition) is 7. The van der Waals surface area contributed by atoms with Crippen molar-refractivity contribution in [1.82, 2.24) is 0 Å². The van der Waals surface area contributed by atoms with E-state index < -0.39 is 22.9 Å². The van der Waals surface area contributed by atoms with Gasteiger partial charge < -0.3 is 19.5 Å². The van der Waals surface area contributed by atoms with E-state index in [0.29, 0.717) is 5.75 Å². The lowest BCUT2D eigenvalue weighted by molar-refractivity contribution is -0.384. The van der Waals surface area contributed by atoms with Gasteiger partial charge in [0.05, 0.1) is 17.7 Å². The predicted molar refractivity (Wildman–Crippen MR) is 105 cm³/mol. The standard InChI is InChI=1S/C20H22N2O7/c1-12-6-5-7-13(2)19(12)28-11-18(23)29-14(3)20(24)21-16-10-15(22(25)26)8-9-17(16)27-4/h5-10,14H,11H2,1-4H3,(H,21,24)/t14-/m1/s1. The minimum Gasteiger partial charge on any atom is -0.495 e. The Morgan fingerprint density at radius 1 is 1.17 bits per heavy atom. The van der Waals surface area contributed by atoms with Crippen LogP contribution in [0, 0.1) is 24.0 Å². The van der Waals surface area contributed by atoms with E-state index in [2.05, 4.69) is 5.32 Å². The number of hydrogen-bond donors (Lipinski definition) is 1. The van der Waals surface area contributed by atoms with Gasteiger partial charge >= 0.3 is 5.97 Å². The Morgan fingerprint density at radius 2 is 1.83 bits per heavy atom. The molecular formula is C20H22N2O7. The molecule has 0 radical (unpaired) electrons. The number of rotatable bonds is 8. The molecule has 29 heavy (non-hydrogen) atoms. The summed E-state index contributed by atoms with van der Waals surface area (Å²) in [6.07, 6.45) is -1.15. The van der Waals surface area contributed by atoms with E-state index in [-0.39, 0.29) is 23.7 Å². The summed E-state index contributed by atoms with van der Waals surface area (Å²) in [4.78, 5) is 34.7. The highest BCUT2D eigenvalue weighted by atomic mass is 16.6. The van der Waals surface area contributed by atoms with Crippen molar-refractivity contribution in [2.45, 2.75) is 26.9 Å². The topological polar surface area (TPSA) is 117 Å². The summed E-state index contributed by atoms with van der Waals surface area (Å²) >= 11 is 0. The molecule has 0 unspecified atom stereocenters. The van der Waals surface area contributed by atoms with Gasteiger partial charge in [0.25, 0.3) is 11.6 Å². The molecule has 0 aromatic heterocycles. The van der Waals surface area contributed by atoms with Crippen molar-refractivity contribution in [3.63, 3.8) is 0 Å². The first kappa shape index (κ1) is 21.7. The molecule has 0 saturated heterocycles. The number of nitro groups is 1. The van der Waals surface area contributed by atoms with Crippen molar-refractivity contribution in [2.24, 2.45) is 0 Å². The van der Waals surface area contributed by atoms with Gasteiger partial charge in [0.1, 0.15) is 11.5 Å². The molecule has 9 nitrogen and oxygen atoms in total. The minimum absolute atomic E-state index is 0.0985. The second kappa shape index (κ2) is 9.54. The second-order valence-corrected chi connectivity index (χ2v) is 6.27. The SMILES string of the molecule is COc1ccc([N+](=O)[O-])cc1NC(=O)[C@@H](C)OC(=O)COc1c(C)cccc1C. The molecule has 1 N–H and O–H groups in total. The van der Waals surface area contributed by atoms with E-state index in [4.69, 9.17) is 14.2 Å². The molecule has 0 saturated carbocycles. The van der Waals surface area contributed by atoms with E-state index in [1.54, 1.807) is 0 Å². The number of nitrogens with zero attached hydrogens (tertiary/aromatic N) is 1. The van der Waals surface area contributed by atoms with E-state index in [0.717, 1.165) is 17.2 Å². The summed E-state index contributed by atoms with van der Waals surface area (Å²) in [7, 11) is 1.37. The third kappa shape index (κ3) is 5.68. The molecule has 154 valence electrons. The van der Waals surface area contributed by atoms with Crippen LogP contribution >= 0.6 is 0 Å². The molecule has 0 aliphatic carbocycles. The molecule has 1 atom stereocenters. The number of benzene rings is 2. The number of carbonyl (C=O) groups excluding carboxylic acids is 2. The molecule has 2 rings (SSSR count). The quantitative estimate of drug-likeness (QED) is 0.409. The van der Waals surface area contributed by atoms with Gasteiger partial charge in [-0.2, -0.15) is 0 Å². The number of esters is 1. The van der Waals surface area contributed by atoms with Gasteiger partial charge in [0.15, 0.2) is 12.7 Å². The maximum atomic E-state index is 12.3. The van der Waals surface area contributed by atoms with Gasteiger partial charge in [-0.15, -0.1) is 0 Å². The number of methoxy groups -OCH3 is 1. The summed E-state index contributed by atoms with van der Waals surface area (Å²) < 4.78 is 15.7. The highest BCUT2D eigenvalue weighted by Crippen LogP contribution is 2.29. The molecule has 2 aromatic rings. The van der Waals surface area contributed by atoms with Crippen LogP contribution in [0.2, 0.25) is 0 Å². The van der Waals surface area contributed by atoms with Crippen LogP contribution in [0.15, 0.2) is 36.4 Å². The van der Waals surface area contributed by atoms with Crippen molar-refractivity contribution in [1.29, 1.82) is 0 Å². The van der Waals surface area contributed by atoms with Gasteiger partial charge in [-0.05, 0) is 38.0 Å². The average molecular weight is 402 g/mol. The van der Waals surface area contributed by atoms with Crippen LogP contribution in [0.1, 0.15) is 18.1 Å². The maximum Gasteiger partial charge on any atom is 0.344 e. The number of ether oxygens (including phenoxy) is 3. The van der Waals surface area contributed by atoms with E-state index in [9.17, 15) is 19.7 Å². The predicted octanol–water partition coefficient (Wildman–Crippen LogP) is 3.17. The van der Waals surface area contributed by atoms with Gasteiger partial charge in [-0.25, -0.2) is 4.79 Å². The van der Waals surface area contributed by atoms with Crippen LogP contribution in [-0.2, 0) is 14.3 Å². The summed E-state index contributed by atoms with van der Waals surface area (Å²) in [5.74, 6) is -0.561. The lowest BCUT2D eigenvalue weighted by Crippen LogP contribution is -2.31. The smallest absolute Gasteiger partial charge is 0.344 e. The van der Waals surface area contributed by atoms with Crippen molar-refractivity contribution in [3.05, 3.63) is 57.6 Å². The fourth-order valence-corrected chi connectivity index (χ4v) is 2.58. The molecule has 0 aliphatic rings. The highest BCUT2D eigenvalue weighted by Gasteiger charge is 2.21. The summed E-state index contributed by atoms with van der Waals surface area (Å²) in [6, 6.07) is 9.37. The number of non-ortho nitro benzene ring substituents is 1. The van der Waals surface area contributed by atoms with Crippen LogP contribution in [0.4, 0.5) is 11.4 Å². The Labute approximate surface area is 167 Å². The Balaban J connectivity index is 1.97. The monoisotopic (exact) mass is 402 g/mol. The van der Waals surface area contributed by atoms with Gasteiger partial charge in [0.2, 0.25) is 0 Å². The molecule has 2 aromatic carbocycles. The van der Waals surface area contributed by atoms with Crippen molar-refractivity contribution in [2.75, 3.05) is 19.0 Å². The number of aryl methyl sites for hydroxylation is 2. The Hall–Kier alpha value is -3.62. The Bertz CT molecular complexity index is 907. The Kier molecular flexibility index (Phi) is 7.13. The first-order valence-electron chi connectivity index (χ1n) is 8.74. The summed E-state index contributed by atoms with van der Waals surface area (Å²) in [5, 5.41) is 13.4. The van der Waals surface area contributed by atoms with Crippen LogP contribution in [0.3, 0.4) is 0 Å². The first-order valence-corrected chi connectivity index (χ1v) is 8.74. The zero-order valence-electron chi connectivity index (χ0n) is 16.6. The van der Waals surface area contributed by atoms with Gasteiger partial charge in [-0.3, -0.25) is 14.9 Å². The molecule has 0 spiro atoms. The third-order valence-corrected chi connectivity index (χ3v) is 4.07. The van der Waals surface area contributed by atoms with E-state index in [1.165, 1.54) is 26.2 Å². The van der Waals surface area contributed by atoms with Crippen molar-refractivity contribution in [3.8, 4) is 11.5 Å². The molecule has 0 aliphatic heterocycles. The van der Waals surface area contributed by atoms with Crippen molar-refractivity contribution >= 4 is 23.3 Å². The van der Waals surface area contributed by atoms with Crippen LogP contribution in [0.25, 0.3) is 0 Å². The molecular weight excluding hydrogens is 380 g/mol. The van der Waals surface area contributed by atoms with Gasteiger partial charge in [0, 0.05) is 12.1 Å². The van der Waals surface area contributed by atoms with Crippen molar-refractivity contribution < 1.29 is 28.7 Å². The van der Waals surface area contributed by atoms with E-state index >= 15 is 0 Å². The number of anilines is 1. The van der Waals surface area contributed by atoms with Gasteiger partial charge in [-0.1, -0.05) is 18.2 Å². The molecule has 0 bridgehead atoms. The van der Waals surface area contributed by atoms with E-state index in [1.807, 2.05) is 32.0 Å².